The predicted octanol–water partition coefficient (Wildman–Crippen LogP) is 3.87. The second-order valence-electron chi connectivity index (χ2n) is 6.89. The first-order valence-electron chi connectivity index (χ1n) is 7.27. The van der Waals surface area contributed by atoms with Crippen LogP contribution >= 0.6 is 0 Å². The fourth-order valence-corrected chi connectivity index (χ4v) is 2.71. The number of likely N-dealkylation sites (tertiary alicyclic amines) is 1. The van der Waals surface area contributed by atoms with Gasteiger partial charge in [-0.1, -0.05) is 52.0 Å². The molecule has 1 aromatic rings. The zero-order valence-corrected chi connectivity index (χ0v) is 12.4. The van der Waals surface area contributed by atoms with Gasteiger partial charge in [-0.3, -0.25) is 0 Å². The molecule has 0 radical (unpaired) electrons. The molecule has 2 rings (SSSR count). The van der Waals surface area contributed by atoms with Gasteiger partial charge in [0, 0.05) is 13.1 Å². The molecule has 1 fully saturated rings. The van der Waals surface area contributed by atoms with Crippen molar-refractivity contribution in [1.82, 2.24) is 4.90 Å². The van der Waals surface area contributed by atoms with E-state index in [0.717, 1.165) is 5.92 Å². The molecule has 1 aromatic carbocycles. The maximum atomic E-state index is 2.61. The van der Waals surface area contributed by atoms with E-state index in [2.05, 4.69) is 56.9 Å². The summed E-state index contributed by atoms with van der Waals surface area (Å²) in [5.41, 5.74) is 3.20. The maximum Gasteiger partial charge on any atom is 0.00219 e. The normalized spacial score (nSPS) is 21.4. The van der Waals surface area contributed by atoms with Crippen molar-refractivity contribution in [2.45, 2.75) is 46.0 Å². The monoisotopic (exact) mass is 245 g/mol. The lowest BCUT2D eigenvalue weighted by molar-refractivity contribution is 0.332. The van der Waals surface area contributed by atoms with Crippen molar-refractivity contribution in [3.8, 4) is 0 Å². The first kappa shape index (κ1) is 13.6. The van der Waals surface area contributed by atoms with Crippen LogP contribution in [0.3, 0.4) is 0 Å². The third-order valence-corrected chi connectivity index (χ3v) is 4.02. The summed E-state index contributed by atoms with van der Waals surface area (Å²) in [5, 5.41) is 0. The minimum Gasteiger partial charge on any atom is -0.303 e. The Morgan fingerprint density at radius 2 is 2.06 bits per heavy atom. The van der Waals surface area contributed by atoms with Gasteiger partial charge in [0.05, 0.1) is 0 Å². The van der Waals surface area contributed by atoms with Gasteiger partial charge in [0.1, 0.15) is 0 Å². The van der Waals surface area contributed by atoms with Gasteiger partial charge in [0.15, 0.2) is 0 Å². The quantitative estimate of drug-likeness (QED) is 0.781. The molecule has 0 amide bonds. The zero-order valence-electron chi connectivity index (χ0n) is 12.4. The average Bonchev–Trinajstić information content (AvgIpc) is 2.72. The smallest absolute Gasteiger partial charge is 0.00219 e. The van der Waals surface area contributed by atoms with Crippen molar-refractivity contribution in [1.29, 1.82) is 0 Å². The second-order valence-corrected chi connectivity index (χ2v) is 6.89. The number of hydrogen-bond acceptors (Lipinski definition) is 1. The lowest BCUT2D eigenvalue weighted by Gasteiger charge is -2.20. The predicted molar refractivity (Wildman–Crippen MR) is 79.1 cm³/mol. The minimum atomic E-state index is 0.262. The van der Waals surface area contributed by atoms with Crippen LogP contribution in [-0.2, 0) is 11.8 Å². The molecular formula is C17H27N. The van der Waals surface area contributed by atoms with E-state index in [4.69, 9.17) is 0 Å². The number of nitrogens with zero attached hydrogens (tertiary/aromatic N) is 1. The number of benzene rings is 1. The molecule has 1 nitrogen and oxygen atoms in total. The van der Waals surface area contributed by atoms with Crippen LogP contribution < -0.4 is 0 Å². The zero-order chi connectivity index (χ0) is 13.2. The fraction of sp³-hybridized carbons (Fsp3) is 0.647. The molecule has 1 aliphatic heterocycles. The van der Waals surface area contributed by atoms with Crippen molar-refractivity contribution in [3.63, 3.8) is 0 Å². The van der Waals surface area contributed by atoms with Gasteiger partial charge < -0.3 is 4.90 Å². The molecule has 100 valence electrons. The van der Waals surface area contributed by atoms with Gasteiger partial charge in [0.25, 0.3) is 0 Å². The second kappa shape index (κ2) is 5.44. The maximum absolute atomic E-state index is 2.61. The Hall–Kier alpha value is -0.820. The Bertz CT molecular complexity index is 389. The fourth-order valence-electron chi connectivity index (χ4n) is 2.71. The van der Waals surface area contributed by atoms with Gasteiger partial charge in [-0.2, -0.15) is 0 Å². The Labute approximate surface area is 112 Å². The lowest BCUT2D eigenvalue weighted by atomic mass is 9.86. The Kier molecular flexibility index (Phi) is 4.11. The van der Waals surface area contributed by atoms with Gasteiger partial charge in [0.2, 0.25) is 0 Å². The molecule has 0 saturated carbocycles. The summed E-state index contributed by atoms with van der Waals surface area (Å²) in [6.45, 7) is 13.0. The first-order valence-corrected chi connectivity index (χ1v) is 7.27. The van der Waals surface area contributed by atoms with Crippen molar-refractivity contribution >= 4 is 0 Å². The van der Waals surface area contributed by atoms with Crippen LogP contribution in [0.4, 0.5) is 0 Å². The molecule has 0 bridgehead atoms. The molecule has 1 heteroatoms. The molecular weight excluding hydrogens is 218 g/mol. The van der Waals surface area contributed by atoms with E-state index in [1.54, 1.807) is 0 Å². The van der Waals surface area contributed by atoms with Crippen LogP contribution in [0.5, 0.6) is 0 Å². The highest BCUT2D eigenvalue weighted by atomic mass is 15.1. The average molecular weight is 245 g/mol. The molecule has 1 saturated heterocycles. The molecule has 0 aromatic heterocycles. The summed E-state index contributed by atoms with van der Waals surface area (Å²) < 4.78 is 0. The number of rotatable bonds is 3. The molecule has 1 heterocycles. The van der Waals surface area contributed by atoms with E-state index in [-0.39, 0.29) is 5.41 Å². The van der Waals surface area contributed by atoms with E-state index in [1.165, 1.54) is 43.6 Å². The Balaban J connectivity index is 1.93. The molecule has 1 aliphatic rings. The number of hydrogen-bond donors (Lipinski definition) is 0. The summed E-state index contributed by atoms with van der Waals surface area (Å²) in [5.74, 6) is 0.894. The highest BCUT2D eigenvalue weighted by Crippen LogP contribution is 2.23. The van der Waals surface area contributed by atoms with Gasteiger partial charge in [-0.05, 0) is 41.8 Å². The van der Waals surface area contributed by atoms with E-state index >= 15 is 0 Å². The Morgan fingerprint density at radius 3 is 2.67 bits per heavy atom. The molecule has 0 aliphatic carbocycles. The highest BCUT2D eigenvalue weighted by molar-refractivity contribution is 5.28. The van der Waals surface area contributed by atoms with E-state index in [0.29, 0.717) is 0 Å². The first-order chi connectivity index (χ1) is 8.45. The van der Waals surface area contributed by atoms with Crippen LogP contribution in [0.2, 0.25) is 0 Å². The summed E-state index contributed by atoms with van der Waals surface area (Å²) in [4.78, 5) is 2.61. The standard InChI is InChI=1S/C17H27N/c1-14-8-10-18(13-14)11-9-15-6-5-7-16(12-15)17(2,3)4/h5-7,12,14H,8-11,13H2,1-4H3/t14-/m0/s1. The van der Waals surface area contributed by atoms with E-state index in [9.17, 15) is 0 Å². The van der Waals surface area contributed by atoms with Crippen molar-refractivity contribution in [2.75, 3.05) is 19.6 Å². The summed E-state index contributed by atoms with van der Waals surface area (Å²) >= 11 is 0. The van der Waals surface area contributed by atoms with Gasteiger partial charge in [-0.15, -0.1) is 0 Å². The summed E-state index contributed by atoms with van der Waals surface area (Å²) in [6, 6.07) is 9.12. The van der Waals surface area contributed by atoms with Crippen LogP contribution in [0, 0.1) is 5.92 Å². The third kappa shape index (κ3) is 3.58. The van der Waals surface area contributed by atoms with Crippen LogP contribution in [0.15, 0.2) is 24.3 Å². The van der Waals surface area contributed by atoms with Crippen molar-refractivity contribution < 1.29 is 0 Å². The SMILES string of the molecule is C[C@H]1CCN(CCc2cccc(C(C)(C)C)c2)C1. The van der Waals surface area contributed by atoms with Crippen molar-refractivity contribution in [3.05, 3.63) is 35.4 Å². The molecule has 1 atom stereocenters. The largest absolute Gasteiger partial charge is 0.303 e. The van der Waals surface area contributed by atoms with E-state index in [1.807, 2.05) is 0 Å². The lowest BCUT2D eigenvalue weighted by Crippen LogP contribution is -2.23. The van der Waals surface area contributed by atoms with Crippen LogP contribution in [-0.4, -0.2) is 24.5 Å². The van der Waals surface area contributed by atoms with Crippen molar-refractivity contribution in [2.24, 2.45) is 5.92 Å². The molecule has 0 N–H and O–H groups in total. The molecule has 18 heavy (non-hydrogen) atoms. The summed E-state index contributed by atoms with van der Waals surface area (Å²) in [6.07, 6.45) is 2.57. The third-order valence-electron chi connectivity index (χ3n) is 4.02. The van der Waals surface area contributed by atoms with Gasteiger partial charge in [-0.25, -0.2) is 0 Å². The molecule has 0 spiro atoms. The van der Waals surface area contributed by atoms with Crippen LogP contribution in [0.1, 0.15) is 45.2 Å². The van der Waals surface area contributed by atoms with E-state index < -0.39 is 0 Å². The highest BCUT2D eigenvalue weighted by Gasteiger charge is 2.18. The molecule has 0 unspecified atom stereocenters. The topological polar surface area (TPSA) is 3.24 Å². The minimum absolute atomic E-state index is 0.262. The van der Waals surface area contributed by atoms with Gasteiger partial charge >= 0.3 is 0 Å². The van der Waals surface area contributed by atoms with Crippen LogP contribution in [0.25, 0.3) is 0 Å². The summed E-state index contributed by atoms with van der Waals surface area (Å²) in [7, 11) is 0. The Morgan fingerprint density at radius 1 is 1.28 bits per heavy atom.